The van der Waals surface area contributed by atoms with Gasteiger partial charge in [-0.3, -0.25) is 4.79 Å². The van der Waals surface area contributed by atoms with Crippen LogP contribution in [-0.2, 0) is 9.53 Å². The highest BCUT2D eigenvalue weighted by atomic mass is 16.5. The molecule has 3 heteroatoms. The molecule has 2 N–H and O–H groups in total. The van der Waals surface area contributed by atoms with Crippen molar-refractivity contribution in [3.05, 3.63) is 0 Å². The van der Waals surface area contributed by atoms with E-state index in [9.17, 15) is 4.79 Å². The maximum absolute atomic E-state index is 11.8. The Bertz CT molecular complexity index is 166. The maximum Gasteiger partial charge on any atom is 0.313 e. The number of ether oxygens (including phenoxy) is 1. The van der Waals surface area contributed by atoms with Crippen molar-refractivity contribution in [3.8, 4) is 0 Å². The van der Waals surface area contributed by atoms with Gasteiger partial charge >= 0.3 is 5.97 Å². The van der Waals surface area contributed by atoms with E-state index >= 15 is 0 Å². The zero-order chi connectivity index (χ0) is 11.2. The van der Waals surface area contributed by atoms with E-state index in [2.05, 4.69) is 0 Å². The molecule has 0 amide bonds. The molecule has 0 unspecified atom stereocenters. The highest BCUT2D eigenvalue weighted by molar-refractivity contribution is 5.77. The fourth-order valence-electron chi connectivity index (χ4n) is 1.31. The van der Waals surface area contributed by atoms with E-state index in [-0.39, 0.29) is 5.97 Å². The summed E-state index contributed by atoms with van der Waals surface area (Å²) in [6, 6.07) is 0. The third-order valence-corrected chi connectivity index (χ3v) is 2.73. The molecule has 0 aliphatic carbocycles. The average Bonchev–Trinajstić information content (AvgIpc) is 2.18. The fraction of sp³-hybridized carbons (Fsp3) is 0.909. The summed E-state index contributed by atoms with van der Waals surface area (Å²) in [5, 5.41) is 0. The van der Waals surface area contributed by atoms with Gasteiger partial charge in [-0.15, -0.1) is 0 Å². The topological polar surface area (TPSA) is 52.3 Å². The maximum atomic E-state index is 11.8. The minimum atomic E-state index is -0.463. The molecule has 0 rings (SSSR count). The molecule has 0 aromatic rings. The molecule has 0 atom stereocenters. The molecule has 0 spiro atoms. The molecule has 84 valence electrons. The molecule has 0 radical (unpaired) electrons. The van der Waals surface area contributed by atoms with Crippen LogP contribution in [0.3, 0.4) is 0 Å². The lowest BCUT2D eigenvalue weighted by Gasteiger charge is -2.27. The normalized spacial score (nSPS) is 11.9. The van der Waals surface area contributed by atoms with Gasteiger partial charge in [0.05, 0.1) is 12.0 Å². The lowest BCUT2D eigenvalue weighted by Crippen LogP contribution is -2.39. The number of nitrogens with two attached hydrogens (primary N) is 1. The van der Waals surface area contributed by atoms with Crippen molar-refractivity contribution in [1.29, 1.82) is 0 Å². The van der Waals surface area contributed by atoms with Crippen molar-refractivity contribution in [2.24, 2.45) is 17.1 Å². The quantitative estimate of drug-likeness (QED) is 0.668. The zero-order valence-electron chi connectivity index (χ0n) is 9.80. The van der Waals surface area contributed by atoms with E-state index in [1.54, 1.807) is 0 Å². The number of hydrogen-bond acceptors (Lipinski definition) is 3. The first-order valence-corrected chi connectivity index (χ1v) is 5.39. The third-order valence-electron chi connectivity index (χ3n) is 2.73. The second-order valence-electron chi connectivity index (χ2n) is 4.18. The Morgan fingerprint density at radius 1 is 1.36 bits per heavy atom. The summed E-state index contributed by atoms with van der Waals surface area (Å²) in [7, 11) is 0. The molecular formula is C11H23NO2. The van der Waals surface area contributed by atoms with E-state index in [1.165, 1.54) is 0 Å². The molecule has 0 aromatic heterocycles. The van der Waals surface area contributed by atoms with E-state index in [0.717, 1.165) is 12.8 Å². The van der Waals surface area contributed by atoms with Crippen LogP contribution in [0.1, 0.15) is 40.5 Å². The largest absolute Gasteiger partial charge is 0.465 e. The minimum absolute atomic E-state index is 0.140. The zero-order valence-corrected chi connectivity index (χ0v) is 9.80. The molecular weight excluding hydrogens is 178 g/mol. The summed E-state index contributed by atoms with van der Waals surface area (Å²) in [6.45, 7) is 8.86. The molecule has 0 fully saturated rings. The van der Waals surface area contributed by atoms with Gasteiger partial charge in [-0.05, 0) is 18.8 Å². The highest BCUT2D eigenvalue weighted by Gasteiger charge is 2.34. The Labute approximate surface area is 87.0 Å². The van der Waals surface area contributed by atoms with Gasteiger partial charge in [0.1, 0.15) is 0 Å². The van der Waals surface area contributed by atoms with Crippen LogP contribution < -0.4 is 5.73 Å². The molecule has 0 saturated carbocycles. The molecule has 3 nitrogen and oxygen atoms in total. The first-order chi connectivity index (χ1) is 6.52. The van der Waals surface area contributed by atoms with Gasteiger partial charge in [0.2, 0.25) is 0 Å². The van der Waals surface area contributed by atoms with Crippen LogP contribution >= 0.6 is 0 Å². The van der Waals surface area contributed by atoms with Gasteiger partial charge in [0.15, 0.2) is 0 Å². The van der Waals surface area contributed by atoms with E-state index in [0.29, 0.717) is 19.1 Å². The van der Waals surface area contributed by atoms with Crippen molar-refractivity contribution in [2.45, 2.75) is 40.5 Å². The predicted molar refractivity (Wildman–Crippen MR) is 57.9 cm³/mol. The third kappa shape index (κ3) is 3.29. The number of carbonyl (C=O) groups is 1. The van der Waals surface area contributed by atoms with E-state index in [4.69, 9.17) is 10.5 Å². The number of esters is 1. The smallest absolute Gasteiger partial charge is 0.313 e. The molecule has 0 saturated heterocycles. The monoisotopic (exact) mass is 201 g/mol. The first kappa shape index (κ1) is 13.4. The summed E-state index contributed by atoms with van der Waals surface area (Å²) >= 11 is 0. The summed E-state index contributed by atoms with van der Waals surface area (Å²) in [5.41, 5.74) is 5.17. The summed E-state index contributed by atoms with van der Waals surface area (Å²) in [5.74, 6) is 0.238. The van der Waals surface area contributed by atoms with Gasteiger partial charge < -0.3 is 10.5 Å². The van der Waals surface area contributed by atoms with Crippen molar-refractivity contribution in [2.75, 3.05) is 13.2 Å². The SMILES string of the molecule is CCC(CC)(CN)C(=O)OCC(C)C. The Kier molecular flexibility index (Phi) is 5.77. The van der Waals surface area contributed by atoms with Crippen molar-refractivity contribution in [3.63, 3.8) is 0 Å². The van der Waals surface area contributed by atoms with E-state index in [1.807, 2.05) is 27.7 Å². The Morgan fingerprint density at radius 3 is 2.14 bits per heavy atom. The lowest BCUT2D eigenvalue weighted by atomic mass is 9.82. The standard InChI is InChI=1S/C11H23NO2/c1-5-11(6-2,8-12)10(13)14-7-9(3)4/h9H,5-8,12H2,1-4H3. The minimum Gasteiger partial charge on any atom is -0.465 e. The van der Waals surface area contributed by atoms with Crippen molar-refractivity contribution >= 4 is 5.97 Å². The number of rotatable bonds is 6. The fourth-order valence-corrected chi connectivity index (χ4v) is 1.31. The molecule has 0 aliphatic rings. The van der Waals surface area contributed by atoms with Crippen molar-refractivity contribution < 1.29 is 9.53 Å². The lowest BCUT2D eigenvalue weighted by molar-refractivity contribution is -0.157. The molecule has 0 aromatic carbocycles. The van der Waals surface area contributed by atoms with Crippen LogP contribution in [0.15, 0.2) is 0 Å². The molecule has 14 heavy (non-hydrogen) atoms. The Balaban J connectivity index is 4.29. The van der Waals surface area contributed by atoms with Crippen LogP contribution in [0.5, 0.6) is 0 Å². The van der Waals surface area contributed by atoms with Crippen LogP contribution in [0.4, 0.5) is 0 Å². The van der Waals surface area contributed by atoms with E-state index < -0.39 is 5.41 Å². The second-order valence-corrected chi connectivity index (χ2v) is 4.18. The van der Waals surface area contributed by atoms with Gasteiger partial charge in [-0.1, -0.05) is 27.7 Å². The molecule has 0 heterocycles. The Morgan fingerprint density at radius 2 is 1.86 bits per heavy atom. The molecule has 0 aliphatic heterocycles. The Hall–Kier alpha value is -0.570. The summed E-state index contributed by atoms with van der Waals surface area (Å²) in [6.07, 6.45) is 1.49. The summed E-state index contributed by atoms with van der Waals surface area (Å²) < 4.78 is 5.22. The summed E-state index contributed by atoms with van der Waals surface area (Å²) in [4.78, 5) is 11.8. The average molecular weight is 201 g/mol. The van der Waals surface area contributed by atoms with Crippen molar-refractivity contribution in [1.82, 2.24) is 0 Å². The van der Waals surface area contributed by atoms with Gasteiger partial charge in [-0.2, -0.15) is 0 Å². The van der Waals surface area contributed by atoms with Gasteiger partial charge in [0.25, 0.3) is 0 Å². The van der Waals surface area contributed by atoms with Crippen LogP contribution in [-0.4, -0.2) is 19.1 Å². The predicted octanol–water partition coefficient (Wildman–Crippen LogP) is 1.95. The number of carbonyl (C=O) groups excluding carboxylic acids is 1. The second kappa shape index (κ2) is 6.02. The van der Waals surface area contributed by atoms with Crippen LogP contribution in [0, 0.1) is 11.3 Å². The van der Waals surface area contributed by atoms with Gasteiger partial charge in [0, 0.05) is 6.54 Å². The highest BCUT2D eigenvalue weighted by Crippen LogP contribution is 2.26. The number of hydrogen-bond donors (Lipinski definition) is 1. The van der Waals surface area contributed by atoms with Crippen LogP contribution in [0.25, 0.3) is 0 Å². The van der Waals surface area contributed by atoms with Crippen LogP contribution in [0.2, 0.25) is 0 Å². The molecule has 0 bridgehead atoms. The first-order valence-electron chi connectivity index (χ1n) is 5.39. The van der Waals surface area contributed by atoms with Gasteiger partial charge in [-0.25, -0.2) is 0 Å².